The van der Waals surface area contributed by atoms with Crippen LogP contribution in [0.25, 0.3) is 17.1 Å². The van der Waals surface area contributed by atoms with Gasteiger partial charge in [-0.25, -0.2) is 4.98 Å². The van der Waals surface area contributed by atoms with Crippen molar-refractivity contribution in [2.45, 2.75) is 0 Å². The van der Waals surface area contributed by atoms with E-state index in [4.69, 9.17) is 17.0 Å². The van der Waals surface area contributed by atoms with Gasteiger partial charge in [0.2, 0.25) is 0 Å². The molecule has 2 aromatic carbocycles. The van der Waals surface area contributed by atoms with Crippen molar-refractivity contribution in [2.75, 3.05) is 12.0 Å². The first kappa shape index (κ1) is 16.7. The predicted octanol–water partition coefficient (Wildman–Crippen LogP) is 4.04. The van der Waals surface area contributed by atoms with Crippen molar-refractivity contribution in [3.8, 4) is 5.75 Å². The van der Waals surface area contributed by atoms with E-state index in [1.807, 2.05) is 42.5 Å². The Morgan fingerprint density at radius 1 is 1.12 bits per heavy atom. The van der Waals surface area contributed by atoms with E-state index in [1.165, 1.54) is 16.7 Å². The van der Waals surface area contributed by atoms with E-state index in [0.717, 1.165) is 11.0 Å². The molecule has 1 aromatic heterocycles. The largest absolute Gasteiger partial charge is 0.495 e. The van der Waals surface area contributed by atoms with E-state index in [9.17, 15) is 4.79 Å². The van der Waals surface area contributed by atoms with Crippen molar-refractivity contribution in [1.29, 1.82) is 0 Å². The van der Waals surface area contributed by atoms with E-state index >= 15 is 0 Å². The number of hydrogen-bond donors (Lipinski definition) is 0. The molecule has 0 unspecified atom stereocenters. The second-order valence-electron chi connectivity index (χ2n) is 5.47. The number of amides is 1. The third-order valence-electron chi connectivity index (χ3n) is 3.87. The lowest BCUT2D eigenvalue weighted by molar-refractivity contribution is -0.113. The molecule has 0 aliphatic carbocycles. The number of methoxy groups -OCH3 is 1. The van der Waals surface area contributed by atoms with Crippen LogP contribution in [-0.2, 0) is 4.79 Å². The lowest BCUT2D eigenvalue weighted by Gasteiger charge is -2.17. The minimum atomic E-state index is -0.195. The van der Waals surface area contributed by atoms with Crippen LogP contribution in [0.15, 0.2) is 59.6 Å². The molecule has 1 fully saturated rings. The average molecular weight is 379 g/mol. The van der Waals surface area contributed by atoms with E-state index < -0.39 is 0 Å². The maximum Gasteiger partial charge on any atom is 0.270 e. The first-order chi connectivity index (χ1) is 12.7. The van der Waals surface area contributed by atoms with Crippen LogP contribution in [-0.4, -0.2) is 27.3 Å². The second kappa shape index (κ2) is 6.86. The molecule has 0 saturated carbocycles. The van der Waals surface area contributed by atoms with Crippen LogP contribution in [0.3, 0.4) is 0 Å². The summed E-state index contributed by atoms with van der Waals surface area (Å²) in [5.74, 6) is 0.398. The normalized spacial score (nSPS) is 15.9. The molecule has 7 heteroatoms. The number of nitrogens with zero attached hydrogens (tertiary/aromatic N) is 3. The quantitative estimate of drug-likeness (QED) is 0.506. The van der Waals surface area contributed by atoms with Gasteiger partial charge in [0.25, 0.3) is 5.91 Å². The topological polar surface area (TPSA) is 55.3 Å². The van der Waals surface area contributed by atoms with Crippen molar-refractivity contribution in [3.05, 3.63) is 65.3 Å². The van der Waals surface area contributed by atoms with Crippen molar-refractivity contribution in [1.82, 2.24) is 9.97 Å². The highest BCUT2D eigenvalue weighted by Crippen LogP contribution is 2.39. The molecule has 1 amide bonds. The molecule has 4 rings (SSSR count). The lowest BCUT2D eigenvalue weighted by Crippen LogP contribution is -2.27. The molecule has 0 radical (unpaired) electrons. The number of fused-ring (bicyclic) bond motifs is 1. The van der Waals surface area contributed by atoms with Gasteiger partial charge >= 0.3 is 0 Å². The molecule has 5 nitrogen and oxygen atoms in total. The summed E-state index contributed by atoms with van der Waals surface area (Å²) in [7, 11) is 1.57. The van der Waals surface area contributed by atoms with Gasteiger partial charge < -0.3 is 4.74 Å². The highest BCUT2D eigenvalue weighted by Gasteiger charge is 2.34. The van der Waals surface area contributed by atoms with Crippen LogP contribution in [0.2, 0.25) is 0 Å². The first-order valence-electron chi connectivity index (χ1n) is 7.80. The van der Waals surface area contributed by atoms with Crippen molar-refractivity contribution >= 4 is 57.0 Å². The molecule has 26 heavy (non-hydrogen) atoms. The van der Waals surface area contributed by atoms with Crippen LogP contribution in [0.4, 0.5) is 5.69 Å². The molecule has 1 aliphatic rings. The van der Waals surface area contributed by atoms with Gasteiger partial charge in [0.15, 0.2) is 4.32 Å². The molecule has 0 spiro atoms. The number of thiocarbonyl (C=S) groups is 1. The fourth-order valence-electron chi connectivity index (χ4n) is 2.67. The number of thioether (sulfide) groups is 1. The van der Waals surface area contributed by atoms with Gasteiger partial charge in [0.1, 0.15) is 5.75 Å². The summed E-state index contributed by atoms with van der Waals surface area (Å²) in [4.78, 5) is 23.8. The van der Waals surface area contributed by atoms with Gasteiger partial charge in [-0.2, -0.15) is 0 Å². The Kier molecular flexibility index (Phi) is 4.40. The summed E-state index contributed by atoms with van der Waals surface area (Å²) in [6.45, 7) is 0. The fraction of sp³-hybridized carbons (Fsp3) is 0.0526. The molecule has 3 aromatic rings. The first-order valence-corrected chi connectivity index (χ1v) is 9.02. The summed E-state index contributed by atoms with van der Waals surface area (Å²) in [6, 6.07) is 14.9. The van der Waals surface area contributed by atoms with Crippen molar-refractivity contribution in [2.24, 2.45) is 0 Å². The summed E-state index contributed by atoms with van der Waals surface area (Å²) < 4.78 is 5.81. The Morgan fingerprint density at radius 2 is 1.85 bits per heavy atom. The Bertz CT molecular complexity index is 1070. The van der Waals surface area contributed by atoms with E-state index in [1.54, 1.807) is 25.4 Å². The number of para-hydroxylation sites is 4. The molecular formula is C19H13N3O2S2. The van der Waals surface area contributed by atoms with Crippen LogP contribution < -0.4 is 9.64 Å². The number of anilines is 1. The van der Waals surface area contributed by atoms with E-state index in [2.05, 4.69) is 9.97 Å². The minimum Gasteiger partial charge on any atom is -0.495 e. The third kappa shape index (κ3) is 2.95. The zero-order valence-electron chi connectivity index (χ0n) is 13.7. The molecule has 1 aliphatic heterocycles. The molecule has 2 heterocycles. The zero-order chi connectivity index (χ0) is 18.1. The molecular weight excluding hydrogens is 366 g/mol. The van der Waals surface area contributed by atoms with Gasteiger partial charge in [-0.15, -0.1) is 0 Å². The Hall–Kier alpha value is -2.77. The maximum atomic E-state index is 12.9. The SMILES string of the molecule is COc1ccccc1N1C(=O)/C(=C/c2cnc3ccccc3n2)SC1=S. The molecule has 1 saturated heterocycles. The van der Waals surface area contributed by atoms with Gasteiger partial charge in [0.05, 0.1) is 40.6 Å². The van der Waals surface area contributed by atoms with E-state index in [0.29, 0.717) is 26.4 Å². The minimum absolute atomic E-state index is 0.195. The highest BCUT2D eigenvalue weighted by atomic mass is 32.2. The smallest absolute Gasteiger partial charge is 0.270 e. The van der Waals surface area contributed by atoms with Gasteiger partial charge in [-0.1, -0.05) is 48.2 Å². The lowest BCUT2D eigenvalue weighted by atomic mass is 10.2. The third-order valence-corrected chi connectivity index (χ3v) is 5.17. The van der Waals surface area contributed by atoms with Crippen LogP contribution in [0, 0.1) is 0 Å². The number of rotatable bonds is 3. The zero-order valence-corrected chi connectivity index (χ0v) is 15.4. The van der Waals surface area contributed by atoms with Gasteiger partial charge in [-0.3, -0.25) is 14.7 Å². The van der Waals surface area contributed by atoms with Crippen molar-refractivity contribution in [3.63, 3.8) is 0 Å². The van der Waals surface area contributed by atoms with E-state index in [-0.39, 0.29) is 5.91 Å². The number of ether oxygens (including phenoxy) is 1. The molecule has 0 bridgehead atoms. The molecule has 0 N–H and O–H groups in total. The number of hydrogen-bond acceptors (Lipinski definition) is 6. The molecule has 0 atom stereocenters. The average Bonchev–Trinajstić information content (AvgIpc) is 2.94. The summed E-state index contributed by atoms with van der Waals surface area (Å²) in [5, 5.41) is 0. The fourth-order valence-corrected chi connectivity index (χ4v) is 3.93. The Morgan fingerprint density at radius 3 is 2.65 bits per heavy atom. The van der Waals surface area contributed by atoms with Crippen LogP contribution >= 0.6 is 24.0 Å². The second-order valence-corrected chi connectivity index (χ2v) is 7.15. The van der Waals surface area contributed by atoms with Crippen molar-refractivity contribution < 1.29 is 9.53 Å². The van der Waals surface area contributed by atoms with Gasteiger partial charge in [-0.05, 0) is 30.3 Å². The number of carbonyl (C=O) groups is 1. The highest BCUT2D eigenvalue weighted by molar-refractivity contribution is 8.27. The number of aromatic nitrogens is 2. The van der Waals surface area contributed by atoms with Crippen LogP contribution in [0.1, 0.15) is 5.69 Å². The standard InChI is InChI=1S/C19H13N3O2S2/c1-24-16-9-5-4-8-15(16)22-18(23)17(26-19(22)25)10-12-11-20-13-6-2-3-7-14(13)21-12/h2-11H,1H3/b17-10-. The maximum absolute atomic E-state index is 12.9. The monoisotopic (exact) mass is 379 g/mol. The summed E-state index contributed by atoms with van der Waals surface area (Å²) >= 11 is 6.65. The Labute approximate surface area is 159 Å². The summed E-state index contributed by atoms with van der Waals surface area (Å²) in [5.41, 5.74) is 2.84. The summed E-state index contributed by atoms with van der Waals surface area (Å²) in [6.07, 6.45) is 3.37. The Balaban J connectivity index is 1.71. The molecule has 128 valence electrons. The number of benzene rings is 2. The predicted molar refractivity (Wildman–Crippen MR) is 108 cm³/mol. The van der Waals surface area contributed by atoms with Gasteiger partial charge in [0, 0.05) is 0 Å². The number of carbonyl (C=O) groups excluding carboxylic acids is 1. The van der Waals surface area contributed by atoms with Crippen LogP contribution in [0.5, 0.6) is 5.75 Å².